The van der Waals surface area contributed by atoms with Gasteiger partial charge in [0.25, 0.3) is 5.69 Å². The molecule has 0 bridgehead atoms. The third-order valence-corrected chi connectivity index (χ3v) is 5.70. The maximum absolute atomic E-state index is 15.1. The Hall–Kier alpha value is -4.24. The molecule has 0 spiro atoms. The van der Waals surface area contributed by atoms with Gasteiger partial charge in [-0.05, 0) is 27.6 Å². The number of nitro benzene ring substituents is 1. The molecule has 0 aliphatic carbocycles. The molecule has 1 aliphatic rings. The van der Waals surface area contributed by atoms with E-state index in [4.69, 9.17) is 15.2 Å². The van der Waals surface area contributed by atoms with Crippen LogP contribution >= 0.6 is 15.9 Å². The van der Waals surface area contributed by atoms with Crippen LogP contribution in [0.3, 0.4) is 0 Å². The highest BCUT2D eigenvalue weighted by molar-refractivity contribution is 9.10. The van der Waals surface area contributed by atoms with Crippen LogP contribution in [0, 0.1) is 27.3 Å². The first-order chi connectivity index (χ1) is 16.2. The van der Waals surface area contributed by atoms with Gasteiger partial charge in [0.15, 0.2) is 5.82 Å². The minimum atomic E-state index is -1.14. The molecule has 34 heavy (non-hydrogen) atoms. The number of allylic oxidation sites excluding steroid dienone is 1. The lowest BCUT2D eigenvalue weighted by Crippen LogP contribution is -2.41. The first kappa shape index (κ1) is 24.4. The van der Waals surface area contributed by atoms with Gasteiger partial charge in [-0.3, -0.25) is 15.0 Å². The van der Waals surface area contributed by atoms with Gasteiger partial charge >= 0.3 is 11.9 Å². The number of esters is 2. The van der Waals surface area contributed by atoms with Gasteiger partial charge in [0, 0.05) is 0 Å². The molecule has 174 valence electrons. The molecule has 0 aromatic heterocycles. The summed E-state index contributed by atoms with van der Waals surface area (Å²) >= 11 is 3.00. The number of hydrogen-bond donors (Lipinski definition) is 1. The highest BCUT2D eigenvalue weighted by atomic mass is 79.9. The minimum Gasteiger partial charge on any atom is -0.466 e. The molecule has 2 aromatic carbocycles. The Balaban J connectivity index is 2.45. The Kier molecular flexibility index (Phi) is 6.97. The summed E-state index contributed by atoms with van der Waals surface area (Å²) in [6.45, 7) is 0. The Bertz CT molecular complexity index is 1300. The van der Waals surface area contributed by atoms with E-state index in [2.05, 4.69) is 15.9 Å². The minimum absolute atomic E-state index is 0.130. The molecule has 0 saturated carbocycles. The second kappa shape index (κ2) is 9.72. The van der Waals surface area contributed by atoms with Crippen LogP contribution in [0.25, 0.3) is 0 Å². The summed E-state index contributed by atoms with van der Waals surface area (Å²) in [7, 11) is 2.12. The maximum atomic E-state index is 15.1. The second-order valence-electron chi connectivity index (χ2n) is 6.85. The molecular weight excluding hydrogens is 515 g/mol. The van der Waals surface area contributed by atoms with Gasteiger partial charge in [-0.2, -0.15) is 5.26 Å². The summed E-state index contributed by atoms with van der Waals surface area (Å²) in [6, 6.07) is 11.8. The van der Waals surface area contributed by atoms with Crippen LogP contribution in [-0.2, 0) is 19.1 Å². The molecule has 2 aromatic rings. The van der Waals surface area contributed by atoms with Crippen LogP contribution in [0.1, 0.15) is 11.5 Å². The fourth-order valence-corrected chi connectivity index (χ4v) is 4.08. The van der Waals surface area contributed by atoms with Crippen molar-refractivity contribution < 1.29 is 28.4 Å². The van der Waals surface area contributed by atoms with Crippen LogP contribution in [0.5, 0.6) is 0 Å². The van der Waals surface area contributed by atoms with Gasteiger partial charge in [-0.25, -0.2) is 14.0 Å². The highest BCUT2D eigenvalue weighted by Crippen LogP contribution is 2.44. The van der Waals surface area contributed by atoms with E-state index in [-0.39, 0.29) is 21.4 Å². The van der Waals surface area contributed by atoms with E-state index in [1.165, 1.54) is 0 Å². The van der Waals surface area contributed by atoms with Crippen LogP contribution in [0.4, 0.5) is 15.8 Å². The van der Waals surface area contributed by atoms with E-state index in [9.17, 15) is 25.0 Å². The molecule has 0 radical (unpaired) electrons. The van der Waals surface area contributed by atoms with Crippen molar-refractivity contribution in [3.05, 3.63) is 91.1 Å². The first-order valence-electron chi connectivity index (χ1n) is 9.46. The predicted octanol–water partition coefficient (Wildman–Crippen LogP) is 3.39. The molecule has 0 amide bonds. The second-order valence-corrected chi connectivity index (χ2v) is 7.70. The normalized spacial score (nSPS) is 15.6. The molecule has 1 unspecified atom stereocenters. The van der Waals surface area contributed by atoms with E-state index in [1.807, 2.05) is 6.07 Å². The van der Waals surface area contributed by atoms with Crippen LogP contribution in [-0.4, -0.2) is 31.1 Å². The van der Waals surface area contributed by atoms with Gasteiger partial charge < -0.3 is 15.2 Å². The fourth-order valence-electron chi connectivity index (χ4n) is 3.60. The molecule has 12 heteroatoms. The average molecular weight is 531 g/mol. The summed E-state index contributed by atoms with van der Waals surface area (Å²) < 4.78 is 24.7. The lowest BCUT2D eigenvalue weighted by Gasteiger charge is -2.36. The van der Waals surface area contributed by atoms with Crippen molar-refractivity contribution in [3.63, 3.8) is 0 Å². The Morgan fingerprint density at radius 1 is 1.21 bits per heavy atom. The lowest BCUT2D eigenvalue weighted by molar-refractivity contribution is -0.385. The molecular formula is C22H16BrFN4O6. The number of nitro groups is 1. The monoisotopic (exact) mass is 530 g/mol. The van der Waals surface area contributed by atoms with Gasteiger partial charge in [0.05, 0.1) is 58.5 Å². The predicted molar refractivity (Wildman–Crippen MR) is 120 cm³/mol. The summed E-state index contributed by atoms with van der Waals surface area (Å²) in [4.78, 5) is 37.1. The van der Waals surface area contributed by atoms with Gasteiger partial charge in [-0.15, -0.1) is 0 Å². The number of nitriles is 1. The SMILES string of the molecule is COC(=O)C1=C(C(=O)OC)N(c2cc(Br)c([N+](=O)[O-])cc2F)C(N)=C(C#N)C1c1ccccc1. The zero-order chi connectivity index (χ0) is 25.2. The molecule has 10 nitrogen and oxygen atoms in total. The standard InChI is InChI=1S/C22H16BrFN4O6/c1-33-21(29)18-17(11-6-4-3-5-7-11)12(10-25)20(26)27(19(18)22(30)34-2)16-8-13(23)15(28(31)32)9-14(16)24/h3-9,17H,26H2,1-2H3. The number of carbonyl (C=O) groups excluding carboxylic acids is 2. The molecule has 3 rings (SSSR count). The summed E-state index contributed by atoms with van der Waals surface area (Å²) in [5.74, 6) is -4.70. The number of anilines is 1. The maximum Gasteiger partial charge on any atom is 0.355 e. The lowest BCUT2D eigenvalue weighted by atomic mass is 9.81. The van der Waals surface area contributed by atoms with E-state index in [0.29, 0.717) is 11.6 Å². The van der Waals surface area contributed by atoms with Crippen LogP contribution in [0.15, 0.2) is 69.6 Å². The van der Waals surface area contributed by atoms with E-state index < -0.39 is 45.7 Å². The number of hydrogen-bond acceptors (Lipinski definition) is 9. The Morgan fingerprint density at radius 2 is 1.82 bits per heavy atom. The number of ether oxygens (including phenoxy) is 2. The smallest absolute Gasteiger partial charge is 0.355 e. The number of rotatable bonds is 5. The van der Waals surface area contributed by atoms with Crippen molar-refractivity contribution in [2.45, 2.75) is 5.92 Å². The summed E-state index contributed by atoms with van der Waals surface area (Å²) in [5.41, 5.74) is 4.70. The number of halogens is 2. The number of benzene rings is 2. The molecule has 2 N–H and O–H groups in total. The van der Waals surface area contributed by atoms with E-state index in [0.717, 1.165) is 25.2 Å². The van der Waals surface area contributed by atoms with Gasteiger partial charge in [0.1, 0.15) is 11.5 Å². The number of methoxy groups -OCH3 is 2. The Labute approximate surface area is 200 Å². The number of carbonyl (C=O) groups is 2. The zero-order valence-electron chi connectivity index (χ0n) is 17.7. The summed E-state index contributed by atoms with van der Waals surface area (Å²) in [6.07, 6.45) is 0. The van der Waals surface area contributed by atoms with E-state index in [1.54, 1.807) is 30.3 Å². The number of nitrogens with zero attached hydrogens (tertiary/aromatic N) is 3. The van der Waals surface area contributed by atoms with Crippen molar-refractivity contribution >= 4 is 39.2 Å². The third-order valence-electron chi connectivity index (χ3n) is 5.06. The van der Waals surface area contributed by atoms with Crippen molar-refractivity contribution in [2.75, 3.05) is 19.1 Å². The zero-order valence-corrected chi connectivity index (χ0v) is 19.3. The summed E-state index contributed by atoms with van der Waals surface area (Å²) in [5, 5.41) is 21.2. The van der Waals surface area contributed by atoms with Crippen molar-refractivity contribution in [2.24, 2.45) is 5.73 Å². The van der Waals surface area contributed by atoms with Crippen LogP contribution < -0.4 is 10.6 Å². The average Bonchev–Trinajstić information content (AvgIpc) is 2.83. The van der Waals surface area contributed by atoms with E-state index >= 15 is 4.39 Å². The van der Waals surface area contributed by atoms with Crippen LogP contribution in [0.2, 0.25) is 0 Å². The molecule has 0 fully saturated rings. The van der Waals surface area contributed by atoms with Gasteiger partial charge in [-0.1, -0.05) is 30.3 Å². The van der Waals surface area contributed by atoms with Crippen molar-refractivity contribution in [1.29, 1.82) is 5.26 Å². The van der Waals surface area contributed by atoms with Crippen molar-refractivity contribution in [3.8, 4) is 6.07 Å². The fraction of sp³-hybridized carbons (Fsp3) is 0.136. The molecule has 0 saturated heterocycles. The number of nitrogens with two attached hydrogens (primary N) is 1. The Morgan fingerprint density at radius 3 is 2.35 bits per heavy atom. The molecule has 1 heterocycles. The topological polar surface area (TPSA) is 149 Å². The molecule has 1 atom stereocenters. The largest absolute Gasteiger partial charge is 0.466 e. The first-order valence-corrected chi connectivity index (χ1v) is 10.3. The molecule has 1 aliphatic heterocycles. The quantitative estimate of drug-likeness (QED) is 0.348. The van der Waals surface area contributed by atoms with Gasteiger partial charge in [0.2, 0.25) is 0 Å². The third kappa shape index (κ3) is 4.08. The van der Waals surface area contributed by atoms with Crippen molar-refractivity contribution in [1.82, 2.24) is 0 Å². The highest BCUT2D eigenvalue weighted by Gasteiger charge is 2.43.